The number of aliphatic hydroxyl groups excluding tert-OH is 1. The van der Waals surface area contributed by atoms with Crippen molar-refractivity contribution in [3.8, 4) is 0 Å². The van der Waals surface area contributed by atoms with Crippen LogP contribution in [0.2, 0.25) is 0 Å². The summed E-state index contributed by atoms with van der Waals surface area (Å²) in [4.78, 5) is 16.8. The van der Waals surface area contributed by atoms with E-state index >= 15 is 0 Å². The number of anilines is 1. The van der Waals surface area contributed by atoms with Crippen LogP contribution < -0.4 is 4.90 Å². The molecule has 0 saturated heterocycles. The zero-order chi connectivity index (χ0) is 11.5. The lowest BCUT2D eigenvalue weighted by molar-refractivity contribution is 0.112. The molecule has 1 aromatic rings. The second-order valence-electron chi connectivity index (χ2n) is 4.06. The van der Waals surface area contributed by atoms with E-state index in [1.807, 2.05) is 20.9 Å². The predicted molar refractivity (Wildman–Crippen MR) is 59.2 cm³/mol. The lowest BCUT2D eigenvalue weighted by atomic mass is 10.0. The van der Waals surface area contributed by atoms with Crippen molar-refractivity contribution in [2.75, 3.05) is 18.6 Å². The molecule has 1 rings (SSSR count). The lowest BCUT2D eigenvalue weighted by Gasteiger charge is -2.35. The van der Waals surface area contributed by atoms with Gasteiger partial charge in [0.25, 0.3) is 0 Å². The third-order valence-corrected chi connectivity index (χ3v) is 2.56. The number of hydrogen-bond donors (Lipinski definition) is 1. The summed E-state index contributed by atoms with van der Waals surface area (Å²) >= 11 is 0. The molecule has 1 heterocycles. The largest absolute Gasteiger partial charge is 0.394 e. The van der Waals surface area contributed by atoms with Crippen molar-refractivity contribution in [2.24, 2.45) is 0 Å². The first-order chi connectivity index (χ1) is 7.03. The minimum atomic E-state index is -0.438. The number of aliphatic hydroxyl groups is 1. The molecular weight excluding hydrogens is 192 g/mol. The van der Waals surface area contributed by atoms with Crippen molar-refractivity contribution in [3.05, 3.63) is 23.9 Å². The Bertz CT molecular complexity index is 350. The van der Waals surface area contributed by atoms with Gasteiger partial charge in [0.05, 0.1) is 17.7 Å². The summed E-state index contributed by atoms with van der Waals surface area (Å²) in [5.41, 5.74) is 0.0908. The number of hydrogen-bond acceptors (Lipinski definition) is 4. The minimum Gasteiger partial charge on any atom is -0.394 e. The van der Waals surface area contributed by atoms with E-state index in [0.29, 0.717) is 11.4 Å². The van der Waals surface area contributed by atoms with Crippen LogP contribution in [0.3, 0.4) is 0 Å². The summed E-state index contributed by atoms with van der Waals surface area (Å²) in [5, 5.41) is 9.23. The highest BCUT2D eigenvalue weighted by Gasteiger charge is 2.25. The zero-order valence-corrected chi connectivity index (χ0v) is 9.27. The first kappa shape index (κ1) is 11.7. The Morgan fingerprint density at radius 1 is 1.60 bits per heavy atom. The van der Waals surface area contributed by atoms with E-state index < -0.39 is 5.54 Å². The topological polar surface area (TPSA) is 53.4 Å². The molecule has 0 aromatic carbocycles. The Morgan fingerprint density at radius 2 is 2.27 bits per heavy atom. The number of nitrogens with zero attached hydrogens (tertiary/aromatic N) is 2. The molecule has 0 spiro atoms. The maximum absolute atomic E-state index is 10.8. The number of aromatic nitrogens is 1. The molecule has 1 aromatic heterocycles. The molecule has 0 saturated carbocycles. The summed E-state index contributed by atoms with van der Waals surface area (Å²) in [6.07, 6.45) is 2.40. The summed E-state index contributed by atoms with van der Waals surface area (Å²) in [5.74, 6) is 0.589. The van der Waals surface area contributed by atoms with Crippen LogP contribution in [0.1, 0.15) is 24.2 Å². The molecule has 1 N–H and O–H groups in total. The number of rotatable bonds is 4. The van der Waals surface area contributed by atoms with E-state index in [2.05, 4.69) is 4.98 Å². The van der Waals surface area contributed by atoms with Gasteiger partial charge in [-0.2, -0.15) is 0 Å². The van der Waals surface area contributed by atoms with Gasteiger partial charge in [-0.25, -0.2) is 4.98 Å². The van der Waals surface area contributed by atoms with Crippen molar-refractivity contribution in [1.29, 1.82) is 0 Å². The molecule has 0 radical (unpaired) electrons. The van der Waals surface area contributed by atoms with Gasteiger partial charge in [0.2, 0.25) is 0 Å². The second kappa shape index (κ2) is 4.40. The van der Waals surface area contributed by atoms with E-state index in [1.165, 1.54) is 0 Å². The van der Waals surface area contributed by atoms with Crippen molar-refractivity contribution in [1.82, 2.24) is 4.98 Å². The van der Waals surface area contributed by atoms with Crippen LogP contribution in [0.15, 0.2) is 18.3 Å². The molecule has 0 aliphatic heterocycles. The average molecular weight is 208 g/mol. The fourth-order valence-corrected chi connectivity index (χ4v) is 1.17. The second-order valence-corrected chi connectivity index (χ2v) is 4.06. The number of likely N-dealkylation sites (N-methyl/N-ethyl adjacent to an activating group) is 1. The van der Waals surface area contributed by atoms with Gasteiger partial charge < -0.3 is 10.0 Å². The van der Waals surface area contributed by atoms with Crippen molar-refractivity contribution in [3.63, 3.8) is 0 Å². The van der Waals surface area contributed by atoms with Gasteiger partial charge in [0.15, 0.2) is 6.29 Å². The fourth-order valence-electron chi connectivity index (χ4n) is 1.17. The zero-order valence-electron chi connectivity index (χ0n) is 9.27. The molecule has 0 amide bonds. The molecule has 4 heteroatoms. The summed E-state index contributed by atoms with van der Waals surface area (Å²) in [6.45, 7) is 3.77. The average Bonchev–Trinajstić information content (AvgIpc) is 2.28. The summed E-state index contributed by atoms with van der Waals surface area (Å²) in [6, 6.07) is 3.42. The van der Waals surface area contributed by atoms with Crippen LogP contribution in [-0.2, 0) is 0 Å². The molecule has 0 bridgehead atoms. The lowest BCUT2D eigenvalue weighted by Crippen LogP contribution is -2.45. The van der Waals surface area contributed by atoms with Gasteiger partial charge in [0, 0.05) is 13.2 Å². The Morgan fingerprint density at radius 3 is 2.80 bits per heavy atom. The van der Waals surface area contributed by atoms with Crippen LogP contribution in [-0.4, -0.2) is 35.6 Å². The van der Waals surface area contributed by atoms with Gasteiger partial charge in [-0.3, -0.25) is 4.79 Å². The highest BCUT2D eigenvalue weighted by Crippen LogP contribution is 2.22. The molecule has 0 unspecified atom stereocenters. The maximum Gasteiger partial charge on any atom is 0.153 e. The Hall–Kier alpha value is -1.42. The molecule has 15 heavy (non-hydrogen) atoms. The number of carbonyl (C=O) groups is 1. The normalized spacial score (nSPS) is 11.2. The number of aldehydes is 1. The van der Waals surface area contributed by atoms with Gasteiger partial charge in [0.1, 0.15) is 5.82 Å². The molecular formula is C11H16N2O2. The standard InChI is InChI=1S/C11H16N2O2/c1-11(2,8-15)13(3)10-9(7-14)5-4-6-12-10/h4-7,15H,8H2,1-3H3. The first-order valence-electron chi connectivity index (χ1n) is 4.78. The van der Waals surface area contributed by atoms with E-state index in [9.17, 15) is 9.90 Å². The Kier molecular flexibility index (Phi) is 3.42. The molecule has 0 atom stereocenters. The monoisotopic (exact) mass is 208 g/mol. The SMILES string of the molecule is CN(c1ncccc1C=O)C(C)(C)CO. The van der Waals surface area contributed by atoms with Gasteiger partial charge in [-0.1, -0.05) is 0 Å². The Labute approximate surface area is 89.6 Å². The maximum atomic E-state index is 10.8. The number of pyridine rings is 1. The Balaban J connectivity index is 3.10. The van der Waals surface area contributed by atoms with E-state index in [4.69, 9.17) is 0 Å². The third kappa shape index (κ3) is 2.33. The van der Waals surface area contributed by atoms with Crippen LogP contribution in [0, 0.1) is 0 Å². The fraction of sp³-hybridized carbons (Fsp3) is 0.455. The van der Waals surface area contributed by atoms with Crippen molar-refractivity contribution in [2.45, 2.75) is 19.4 Å². The highest BCUT2D eigenvalue weighted by molar-refractivity contribution is 5.82. The van der Waals surface area contributed by atoms with Gasteiger partial charge in [-0.15, -0.1) is 0 Å². The van der Waals surface area contributed by atoms with Gasteiger partial charge in [-0.05, 0) is 26.0 Å². The van der Waals surface area contributed by atoms with E-state index in [1.54, 1.807) is 23.2 Å². The molecule has 82 valence electrons. The third-order valence-electron chi connectivity index (χ3n) is 2.56. The molecule has 0 fully saturated rings. The smallest absolute Gasteiger partial charge is 0.153 e. The summed E-state index contributed by atoms with van der Waals surface area (Å²) < 4.78 is 0. The quantitative estimate of drug-likeness (QED) is 0.753. The van der Waals surface area contributed by atoms with E-state index in [-0.39, 0.29) is 6.61 Å². The molecule has 0 aliphatic carbocycles. The number of carbonyl (C=O) groups excluding carboxylic acids is 1. The summed E-state index contributed by atoms with van der Waals surface area (Å²) in [7, 11) is 1.81. The highest BCUT2D eigenvalue weighted by atomic mass is 16.3. The molecule has 4 nitrogen and oxygen atoms in total. The molecule has 0 aliphatic rings. The van der Waals surface area contributed by atoms with Gasteiger partial charge >= 0.3 is 0 Å². The van der Waals surface area contributed by atoms with Crippen LogP contribution >= 0.6 is 0 Å². The predicted octanol–water partition coefficient (Wildman–Crippen LogP) is 1.10. The van der Waals surface area contributed by atoms with Crippen LogP contribution in [0.25, 0.3) is 0 Å². The van der Waals surface area contributed by atoms with E-state index in [0.717, 1.165) is 6.29 Å². The van der Waals surface area contributed by atoms with Crippen LogP contribution in [0.5, 0.6) is 0 Å². The first-order valence-corrected chi connectivity index (χ1v) is 4.78. The van der Waals surface area contributed by atoms with Crippen LogP contribution in [0.4, 0.5) is 5.82 Å². The van der Waals surface area contributed by atoms with Crippen molar-refractivity contribution >= 4 is 12.1 Å². The van der Waals surface area contributed by atoms with Crippen molar-refractivity contribution < 1.29 is 9.90 Å². The minimum absolute atomic E-state index is 0.00162.